The van der Waals surface area contributed by atoms with E-state index < -0.39 is 0 Å². The highest BCUT2D eigenvalue weighted by atomic mass is 16.5. The monoisotopic (exact) mass is 237 g/mol. The van der Waals surface area contributed by atoms with Crippen LogP contribution < -0.4 is 15.0 Å². The molecular weight excluding hydrogens is 218 g/mol. The molecule has 0 bridgehead atoms. The Morgan fingerprint density at radius 1 is 1.65 bits per heavy atom. The molecule has 0 aromatic carbocycles. The fourth-order valence-corrected chi connectivity index (χ4v) is 1.90. The van der Waals surface area contributed by atoms with Gasteiger partial charge in [-0.1, -0.05) is 0 Å². The zero-order valence-corrected chi connectivity index (χ0v) is 10.3. The van der Waals surface area contributed by atoms with E-state index in [0.29, 0.717) is 5.88 Å². The normalized spacial score (nSPS) is 20.0. The molecule has 0 saturated carbocycles. The average Bonchev–Trinajstić information content (AvgIpc) is 2.40. The van der Waals surface area contributed by atoms with Crippen LogP contribution in [0.5, 0.6) is 5.88 Å². The Morgan fingerprint density at radius 3 is 3.24 bits per heavy atom. The molecule has 1 aromatic heterocycles. The molecule has 94 valence electrons. The molecule has 0 aliphatic carbocycles. The van der Waals surface area contributed by atoms with Crippen molar-refractivity contribution in [3.05, 3.63) is 18.3 Å². The van der Waals surface area contributed by atoms with Crippen LogP contribution in [0.1, 0.15) is 0 Å². The summed E-state index contributed by atoms with van der Waals surface area (Å²) >= 11 is 0. The van der Waals surface area contributed by atoms with Crippen LogP contribution in [0, 0.1) is 0 Å². The Labute approximate surface area is 102 Å². The molecule has 1 saturated heterocycles. The number of nitrogens with one attached hydrogen (secondary N) is 1. The van der Waals surface area contributed by atoms with E-state index in [1.807, 2.05) is 19.2 Å². The van der Waals surface area contributed by atoms with Gasteiger partial charge in [0, 0.05) is 44.6 Å². The van der Waals surface area contributed by atoms with Gasteiger partial charge in [0.05, 0.1) is 19.8 Å². The standard InChI is InChI=1S/C12H19N3O2/c1-15(9-11-8-13-5-6-17-11)10-3-4-14-12(7-10)16-2/h3-4,7,11,13H,5-6,8-9H2,1-2H3. The molecule has 5 heteroatoms. The molecule has 0 amide bonds. The van der Waals surface area contributed by atoms with Crippen LogP contribution in [0.3, 0.4) is 0 Å². The Balaban J connectivity index is 1.95. The number of hydrogen-bond donors (Lipinski definition) is 1. The van der Waals surface area contributed by atoms with Crippen molar-refractivity contribution in [3.8, 4) is 5.88 Å². The molecular formula is C12H19N3O2. The quantitative estimate of drug-likeness (QED) is 0.827. The summed E-state index contributed by atoms with van der Waals surface area (Å²) < 4.78 is 10.8. The summed E-state index contributed by atoms with van der Waals surface area (Å²) in [5.41, 5.74) is 1.09. The van der Waals surface area contributed by atoms with Gasteiger partial charge in [0.1, 0.15) is 0 Å². The van der Waals surface area contributed by atoms with Crippen LogP contribution in [-0.4, -0.2) is 51.5 Å². The molecule has 1 N–H and O–H groups in total. The van der Waals surface area contributed by atoms with Crippen molar-refractivity contribution < 1.29 is 9.47 Å². The first kappa shape index (κ1) is 12.1. The fourth-order valence-electron chi connectivity index (χ4n) is 1.90. The zero-order valence-electron chi connectivity index (χ0n) is 10.3. The van der Waals surface area contributed by atoms with Gasteiger partial charge in [0.2, 0.25) is 5.88 Å². The molecule has 0 spiro atoms. The van der Waals surface area contributed by atoms with Crippen LogP contribution in [0.15, 0.2) is 18.3 Å². The number of methoxy groups -OCH3 is 1. The van der Waals surface area contributed by atoms with Gasteiger partial charge < -0.3 is 19.7 Å². The van der Waals surface area contributed by atoms with E-state index in [4.69, 9.17) is 9.47 Å². The fraction of sp³-hybridized carbons (Fsp3) is 0.583. The van der Waals surface area contributed by atoms with Gasteiger partial charge in [-0.3, -0.25) is 0 Å². The van der Waals surface area contributed by atoms with Crippen molar-refractivity contribution in [1.82, 2.24) is 10.3 Å². The largest absolute Gasteiger partial charge is 0.481 e. The molecule has 2 rings (SSSR count). The summed E-state index contributed by atoms with van der Waals surface area (Å²) in [7, 11) is 3.67. The molecule has 2 heterocycles. The Hall–Kier alpha value is -1.33. The van der Waals surface area contributed by atoms with Gasteiger partial charge in [-0.25, -0.2) is 4.98 Å². The minimum atomic E-state index is 0.243. The van der Waals surface area contributed by atoms with Crippen molar-refractivity contribution in [2.24, 2.45) is 0 Å². The number of likely N-dealkylation sites (N-methyl/N-ethyl adjacent to an activating group) is 1. The average molecular weight is 237 g/mol. The lowest BCUT2D eigenvalue weighted by Crippen LogP contribution is -2.44. The molecule has 0 radical (unpaired) electrons. The second-order valence-corrected chi connectivity index (χ2v) is 4.13. The first-order chi connectivity index (χ1) is 8.29. The lowest BCUT2D eigenvalue weighted by Gasteiger charge is -2.29. The third kappa shape index (κ3) is 3.31. The summed E-state index contributed by atoms with van der Waals surface area (Å²) in [6.45, 7) is 3.51. The molecule has 1 atom stereocenters. The maximum atomic E-state index is 5.68. The molecule has 1 aliphatic rings. The maximum Gasteiger partial charge on any atom is 0.214 e. The lowest BCUT2D eigenvalue weighted by atomic mass is 10.2. The maximum absolute atomic E-state index is 5.68. The predicted molar refractivity (Wildman–Crippen MR) is 66.7 cm³/mol. The summed E-state index contributed by atoms with van der Waals surface area (Å²) in [4.78, 5) is 6.25. The minimum absolute atomic E-state index is 0.243. The van der Waals surface area contributed by atoms with E-state index >= 15 is 0 Å². The zero-order chi connectivity index (χ0) is 12.1. The highest BCUT2D eigenvalue weighted by Gasteiger charge is 2.15. The van der Waals surface area contributed by atoms with Crippen LogP contribution in [0.4, 0.5) is 5.69 Å². The van der Waals surface area contributed by atoms with Crippen molar-refractivity contribution >= 4 is 5.69 Å². The highest BCUT2D eigenvalue weighted by Crippen LogP contribution is 2.17. The summed E-state index contributed by atoms with van der Waals surface area (Å²) in [5.74, 6) is 0.636. The number of rotatable bonds is 4. The summed E-state index contributed by atoms with van der Waals surface area (Å²) in [5, 5.41) is 3.33. The first-order valence-electron chi connectivity index (χ1n) is 5.83. The second-order valence-electron chi connectivity index (χ2n) is 4.13. The predicted octanol–water partition coefficient (Wildman–Crippen LogP) is 0.515. The highest BCUT2D eigenvalue weighted by molar-refractivity contribution is 5.47. The van der Waals surface area contributed by atoms with Gasteiger partial charge in [-0.05, 0) is 6.07 Å². The number of aromatic nitrogens is 1. The molecule has 1 aromatic rings. The van der Waals surface area contributed by atoms with Gasteiger partial charge in [0.25, 0.3) is 0 Å². The number of morpholine rings is 1. The van der Waals surface area contributed by atoms with Gasteiger partial charge in [-0.15, -0.1) is 0 Å². The van der Waals surface area contributed by atoms with Crippen molar-refractivity contribution in [2.75, 3.05) is 45.3 Å². The summed E-state index contributed by atoms with van der Waals surface area (Å²) in [6.07, 6.45) is 2.00. The number of nitrogens with zero attached hydrogens (tertiary/aromatic N) is 2. The molecule has 17 heavy (non-hydrogen) atoms. The number of pyridine rings is 1. The van der Waals surface area contributed by atoms with Crippen molar-refractivity contribution in [3.63, 3.8) is 0 Å². The number of anilines is 1. The van der Waals surface area contributed by atoms with Crippen molar-refractivity contribution in [1.29, 1.82) is 0 Å². The Kier molecular flexibility index (Phi) is 4.17. The van der Waals surface area contributed by atoms with Gasteiger partial charge in [0.15, 0.2) is 0 Å². The first-order valence-corrected chi connectivity index (χ1v) is 5.83. The second kappa shape index (κ2) is 5.84. The summed E-state index contributed by atoms with van der Waals surface area (Å²) in [6, 6.07) is 3.90. The van der Waals surface area contributed by atoms with E-state index in [2.05, 4.69) is 15.2 Å². The van der Waals surface area contributed by atoms with E-state index in [1.54, 1.807) is 13.3 Å². The number of hydrogen-bond acceptors (Lipinski definition) is 5. The third-order valence-corrected chi connectivity index (χ3v) is 2.85. The van der Waals surface area contributed by atoms with Crippen LogP contribution in [-0.2, 0) is 4.74 Å². The molecule has 1 aliphatic heterocycles. The smallest absolute Gasteiger partial charge is 0.214 e. The van der Waals surface area contributed by atoms with E-state index in [1.165, 1.54) is 0 Å². The van der Waals surface area contributed by atoms with Crippen LogP contribution in [0.25, 0.3) is 0 Å². The van der Waals surface area contributed by atoms with Crippen LogP contribution >= 0.6 is 0 Å². The Morgan fingerprint density at radius 2 is 2.53 bits per heavy atom. The lowest BCUT2D eigenvalue weighted by molar-refractivity contribution is 0.0340. The number of ether oxygens (including phenoxy) is 2. The molecule has 1 unspecified atom stereocenters. The van der Waals surface area contributed by atoms with E-state index in [0.717, 1.165) is 31.9 Å². The molecule has 5 nitrogen and oxygen atoms in total. The topological polar surface area (TPSA) is 46.6 Å². The minimum Gasteiger partial charge on any atom is -0.481 e. The van der Waals surface area contributed by atoms with Gasteiger partial charge in [-0.2, -0.15) is 0 Å². The third-order valence-electron chi connectivity index (χ3n) is 2.85. The van der Waals surface area contributed by atoms with Gasteiger partial charge >= 0.3 is 0 Å². The van der Waals surface area contributed by atoms with E-state index in [9.17, 15) is 0 Å². The SMILES string of the molecule is COc1cc(N(C)CC2CNCCO2)ccn1. The molecule has 1 fully saturated rings. The van der Waals surface area contributed by atoms with Crippen LogP contribution in [0.2, 0.25) is 0 Å². The van der Waals surface area contributed by atoms with Crippen molar-refractivity contribution in [2.45, 2.75) is 6.10 Å². The van der Waals surface area contributed by atoms with E-state index in [-0.39, 0.29) is 6.10 Å². The Bertz CT molecular complexity index is 353.